The highest BCUT2D eigenvalue weighted by molar-refractivity contribution is 9.10. The summed E-state index contributed by atoms with van der Waals surface area (Å²) in [5.41, 5.74) is 1.18. The molecule has 0 radical (unpaired) electrons. The Bertz CT molecular complexity index is 498. The van der Waals surface area contributed by atoms with Gasteiger partial charge in [0.05, 0.1) is 17.2 Å². The first-order valence-electron chi connectivity index (χ1n) is 7.31. The molecule has 1 atom stereocenters. The zero-order chi connectivity index (χ0) is 14.7. The van der Waals surface area contributed by atoms with E-state index in [-0.39, 0.29) is 6.10 Å². The summed E-state index contributed by atoms with van der Waals surface area (Å²) in [4.78, 5) is 2.30. The molecule has 1 saturated heterocycles. The molecule has 0 amide bonds. The SMILES string of the molecule is CN1CCOC(CNCc2cc(Br)c3c(c2)OCCO3)C1. The molecule has 116 valence electrons. The molecule has 6 heteroatoms. The van der Waals surface area contributed by atoms with Crippen LogP contribution in [0, 0.1) is 0 Å². The van der Waals surface area contributed by atoms with Crippen molar-refractivity contribution in [2.75, 3.05) is 46.5 Å². The van der Waals surface area contributed by atoms with Gasteiger partial charge >= 0.3 is 0 Å². The molecule has 0 bridgehead atoms. The highest BCUT2D eigenvalue weighted by Crippen LogP contribution is 2.38. The van der Waals surface area contributed by atoms with Crippen LogP contribution in [0.4, 0.5) is 0 Å². The van der Waals surface area contributed by atoms with Gasteiger partial charge in [0.25, 0.3) is 0 Å². The lowest BCUT2D eigenvalue weighted by Crippen LogP contribution is -2.44. The van der Waals surface area contributed by atoms with Crippen LogP contribution in [0.25, 0.3) is 0 Å². The van der Waals surface area contributed by atoms with E-state index in [4.69, 9.17) is 14.2 Å². The van der Waals surface area contributed by atoms with E-state index in [0.717, 1.165) is 48.8 Å². The van der Waals surface area contributed by atoms with Crippen LogP contribution in [0.15, 0.2) is 16.6 Å². The maximum Gasteiger partial charge on any atom is 0.175 e. The number of hydrogen-bond donors (Lipinski definition) is 1. The van der Waals surface area contributed by atoms with Crippen molar-refractivity contribution in [3.8, 4) is 11.5 Å². The van der Waals surface area contributed by atoms with E-state index in [2.05, 4.69) is 39.3 Å². The predicted octanol–water partition coefficient (Wildman–Crippen LogP) is 1.64. The van der Waals surface area contributed by atoms with Crippen LogP contribution in [0.3, 0.4) is 0 Å². The molecular weight excluding hydrogens is 336 g/mol. The van der Waals surface area contributed by atoms with E-state index in [9.17, 15) is 0 Å². The predicted molar refractivity (Wildman–Crippen MR) is 84.1 cm³/mol. The Morgan fingerprint density at radius 1 is 1.29 bits per heavy atom. The van der Waals surface area contributed by atoms with Gasteiger partial charge in [-0.15, -0.1) is 0 Å². The Hall–Kier alpha value is -0.820. The van der Waals surface area contributed by atoms with Crippen LogP contribution in [0.1, 0.15) is 5.56 Å². The average molecular weight is 357 g/mol. The number of fused-ring (bicyclic) bond motifs is 1. The van der Waals surface area contributed by atoms with E-state index >= 15 is 0 Å². The second-order valence-corrected chi connectivity index (χ2v) is 6.34. The summed E-state index contributed by atoms with van der Waals surface area (Å²) in [7, 11) is 2.13. The largest absolute Gasteiger partial charge is 0.486 e. The van der Waals surface area contributed by atoms with Gasteiger partial charge in [-0.1, -0.05) is 0 Å². The zero-order valence-electron chi connectivity index (χ0n) is 12.2. The fraction of sp³-hybridized carbons (Fsp3) is 0.600. The molecule has 0 saturated carbocycles. The van der Waals surface area contributed by atoms with Gasteiger partial charge in [-0.3, -0.25) is 0 Å². The smallest absolute Gasteiger partial charge is 0.175 e. The van der Waals surface area contributed by atoms with Crippen LogP contribution >= 0.6 is 15.9 Å². The highest BCUT2D eigenvalue weighted by Gasteiger charge is 2.18. The van der Waals surface area contributed by atoms with Crippen molar-refractivity contribution in [1.29, 1.82) is 0 Å². The zero-order valence-corrected chi connectivity index (χ0v) is 13.8. The number of nitrogens with one attached hydrogen (secondary N) is 1. The number of hydrogen-bond acceptors (Lipinski definition) is 5. The van der Waals surface area contributed by atoms with Crippen LogP contribution in [-0.2, 0) is 11.3 Å². The summed E-state index contributed by atoms with van der Waals surface area (Å²) >= 11 is 3.55. The van der Waals surface area contributed by atoms with E-state index < -0.39 is 0 Å². The van der Waals surface area contributed by atoms with Gasteiger partial charge in [0.2, 0.25) is 0 Å². The fourth-order valence-electron chi connectivity index (χ4n) is 2.63. The third-order valence-corrected chi connectivity index (χ3v) is 4.29. The van der Waals surface area contributed by atoms with Crippen molar-refractivity contribution in [2.24, 2.45) is 0 Å². The molecule has 0 spiro atoms. The summed E-state index contributed by atoms with van der Waals surface area (Å²) in [6.07, 6.45) is 0.268. The summed E-state index contributed by atoms with van der Waals surface area (Å²) in [6, 6.07) is 4.12. The van der Waals surface area contributed by atoms with Crippen molar-refractivity contribution in [3.63, 3.8) is 0 Å². The molecule has 1 aromatic carbocycles. The third-order valence-electron chi connectivity index (χ3n) is 3.70. The van der Waals surface area contributed by atoms with Crippen LogP contribution in [0.2, 0.25) is 0 Å². The van der Waals surface area contributed by atoms with Gasteiger partial charge in [-0.05, 0) is 40.7 Å². The Balaban J connectivity index is 1.54. The monoisotopic (exact) mass is 356 g/mol. The fourth-order valence-corrected chi connectivity index (χ4v) is 3.24. The van der Waals surface area contributed by atoms with Crippen LogP contribution < -0.4 is 14.8 Å². The Kier molecular flexibility index (Phi) is 5.00. The third kappa shape index (κ3) is 3.88. The van der Waals surface area contributed by atoms with Crippen molar-refractivity contribution in [1.82, 2.24) is 10.2 Å². The molecule has 2 aliphatic rings. The molecule has 5 nitrogen and oxygen atoms in total. The van der Waals surface area contributed by atoms with Crippen molar-refractivity contribution < 1.29 is 14.2 Å². The number of rotatable bonds is 4. The average Bonchev–Trinajstić information content (AvgIpc) is 2.47. The topological polar surface area (TPSA) is 43.0 Å². The summed E-state index contributed by atoms with van der Waals surface area (Å²) in [5, 5.41) is 3.46. The van der Waals surface area contributed by atoms with Gasteiger partial charge in [0.15, 0.2) is 11.5 Å². The lowest BCUT2D eigenvalue weighted by atomic mass is 10.2. The Labute approximate surface area is 133 Å². The molecule has 21 heavy (non-hydrogen) atoms. The van der Waals surface area contributed by atoms with E-state index in [0.29, 0.717) is 13.2 Å². The van der Waals surface area contributed by atoms with E-state index in [1.165, 1.54) is 5.56 Å². The molecule has 1 fully saturated rings. The summed E-state index contributed by atoms with van der Waals surface area (Å²) in [6.45, 7) is 5.69. The minimum absolute atomic E-state index is 0.268. The lowest BCUT2D eigenvalue weighted by Gasteiger charge is -2.30. The Morgan fingerprint density at radius 3 is 3.00 bits per heavy atom. The standard InChI is InChI=1S/C15H21BrN2O3/c1-18-2-3-19-12(10-18)9-17-8-11-6-13(16)15-14(7-11)20-4-5-21-15/h6-7,12,17H,2-5,8-10H2,1H3. The number of halogens is 1. The molecule has 0 aliphatic carbocycles. The van der Waals surface area contributed by atoms with Gasteiger partial charge in [0.1, 0.15) is 13.2 Å². The van der Waals surface area contributed by atoms with Crippen LogP contribution in [0.5, 0.6) is 11.5 Å². The van der Waals surface area contributed by atoms with Crippen LogP contribution in [-0.4, -0.2) is 57.5 Å². The van der Waals surface area contributed by atoms with Gasteiger partial charge in [0, 0.05) is 26.2 Å². The summed E-state index contributed by atoms with van der Waals surface area (Å²) < 4.78 is 17.9. The maximum atomic E-state index is 5.74. The normalized spacial score (nSPS) is 22.3. The Morgan fingerprint density at radius 2 is 2.14 bits per heavy atom. The molecule has 1 unspecified atom stereocenters. The molecule has 1 aromatic rings. The minimum atomic E-state index is 0.268. The van der Waals surface area contributed by atoms with Gasteiger partial charge < -0.3 is 24.4 Å². The number of nitrogens with zero attached hydrogens (tertiary/aromatic N) is 1. The molecule has 1 N–H and O–H groups in total. The first-order chi connectivity index (χ1) is 10.2. The highest BCUT2D eigenvalue weighted by atomic mass is 79.9. The molecule has 0 aromatic heterocycles. The maximum absolute atomic E-state index is 5.74. The first-order valence-corrected chi connectivity index (χ1v) is 8.10. The van der Waals surface area contributed by atoms with Gasteiger partial charge in [-0.2, -0.15) is 0 Å². The number of ether oxygens (including phenoxy) is 3. The first kappa shape index (κ1) is 15.1. The second-order valence-electron chi connectivity index (χ2n) is 5.49. The summed E-state index contributed by atoms with van der Waals surface area (Å²) in [5.74, 6) is 1.63. The molecule has 3 rings (SSSR count). The number of benzene rings is 1. The van der Waals surface area contributed by atoms with Gasteiger partial charge in [-0.25, -0.2) is 0 Å². The number of likely N-dealkylation sites (N-methyl/N-ethyl adjacent to an activating group) is 1. The van der Waals surface area contributed by atoms with E-state index in [1.807, 2.05) is 6.07 Å². The van der Waals surface area contributed by atoms with E-state index in [1.54, 1.807) is 0 Å². The minimum Gasteiger partial charge on any atom is -0.486 e. The number of morpholine rings is 1. The second kappa shape index (κ2) is 6.96. The molecule has 2 aliphatic heterocycles. The van der Waals surface area contributed by atoms with Crippen molar-refractivity contribution in [2.45, 2.75) is 12.6 Å². The van der Waals surface area contributed by atoms with Crippen molar-refractivity contribution >= 4 is 15.9 Å². The van der Waals surface area contributed by atoms with Crippen molar-refractivity contribution in [3.05, 3.63) is 22.2 Å². The molecular formula is C15H21BrN2O3. The quantitative estimate of drug-likeness (QED) is 0.888. The lowest BCUT2D eigenvalue weighted by molar-refractivity contribution is -0.0182. The molecule has 2 heterocycles.